The van der Waals surface area contributed by atoms with Crippen molar-refractivity contribution in [3.8, 4) is 0 Å². The van der Waals surface area contributed by atoms with Gasteiger partial charge in [0.15, 0.2) is 0 Å². The van der Waals surface area contributed by atoms with Crippen LogP contribution in [-0.2, 0) is 0 Å². The van der Waals surface area contributed by atoms with Crippen molar-refractivity contribution in [2.75, 3.05) is 7.05 Å². The fraction of sp³-hybridized carbons (Fsp3) is 0.857. The number of hydrogen-bond acceptors (Lipinski definition) is 1. The number of aliphatic imine (C=N–C) groups is 1. The Balaban J connectivity index is 3.71. The summed E-state index contributed by atoms with van der Waals surface area (Å²) >= 11 is 0. The molecule has 0 aliphatic heterocycles. The summed E-state index contributed by atoms with van der Waals surface area (Å²) in [5.74, 6) is 0. The van der Waals surface area contributed by atoms with Gasteiger partial charge in [-0.3, -0.25) is 0 Å². The third kappa shape index (κ3) is 2.78. The van der Waals surface area contributed by atoms with Gasteiger partial charge in [-0.15, -0.1) is 0 Å². The predicted octanol–water partition coefficient (Wildman–Crippen LogP) is 2.12. The summed E-state index contributed by atoms with van der Waals surface area (Å²) in [5, 5.41) is 0. The molecule has 48 valence electrons. The quantitative estimate of drug-likeness (QED) is 0.486. The standard InChI is InChI=1S/C7H15N/c1-5-7(2,3)6-8-4/h6H,5H2,1-4H3. The van der Waals surface area contributed by atoms with Gasteiger partial charge in [-0.2, -0.15) is 0 Å². The first kappa shape index (κ1) is 7.67. The van der Waals surface area contributed by atoms with Crippen LogP contribution in [0.2, 0.25) is 0 Å². The minimum atomic E-state index is 0.300. The molecule has 1 nitrogen and oxygen atoms in total. The Morgan fingerprint density at radius 1 is 1.50 bits per heavy atom. The molecule has 0 bridgehead atoms. The van der Waals surface area contributed by atoms with E-state index in [1.54, 1.807) is 0 Å². The van der Waals surface area contributed by atoms with Crippen LogP contribution >= 0.6 is 0 Å². The van der Waals surface area contributed by atoms with Crippen molar-refractivity contribution in [2.24, 2.45) is 10.4 Å². The van der Waals surface area contributed by atoms with Gasteiger partial charge in [-0.05, 0) is 11.8 Å². The molecular weight excluding hydrogens is 98.1 g/mol. The molecule has 1 heteroatoms. The predicted molar refractivity (Wildman–Crippen MR) is 38.5 cm³/mol. The molecule has 0 saturated carbocycles. The van der Waals surface area contributed by atoms with Crippen LogP contribution in [0.25, 0.3) is 0 Å². The smallest absolute Gasteiger partial charge is 0.0273 e. The van der Waals surface area contributed by atoms with Crippen molar-refractivity contribution in [3.05, 3.63) is 0 Å². The summed E-state index contributed by atoms with van der Waals surface area (Å²) < 4.78 is 0. The first-order chi connectivity index (χ1) is 3.62. The second-order valence-corrected chi connectivity index (χ2v) is 2.73. The molecule has 0 aliphatic rings. The van der Waals surface area contributed by atoms with E-state index in [2.05, 4.69) is 25.8 Å². The topological polar surface area (TPSA) is 12.4 Å². The minimum absolute atomic E-state index is 0.300. The molecule has 0 spiro atoms. The molecular formula is C7H15N. The van der Waals surface area contributed by atoms with E-state index in [4.69, 9.17) is 0 Å². The van der Waals surface area contributed by atoms with E-state index in [0.29, 0.717) is 5.41 Å². The Kier molecular flexibility index (Phi) is 2.74. The van der Waals surface area contributed by atoms with Crippen molar-refractivity contribution in [1.29, 1.82) is 0 Å². The van der Waals surface area contributed by atoms with Gasteiger partial charge in [-0.25, -0.2) is 0 Å². The lowest BCUT2D eigenvalue weighted by molar-refractivity contribution is 0.515. The van der Waals surface area contributed by atoms with Crippen LogP contribution in [0.5, 0.6) is 0 Å². The third-order valence-corrected chi connectivity index (χ3v) is 1.39. The molecule has 0 aromatic heterocycles. The van der Waals surface area contributed by atoms with Crippen LogP contribution in [0, 0.1) is 5.41 Å². The van der Waals surface area contributed by atoms with Crippen LogP contribution in [0.4, 0.5) is 0 Å². The van der Waals surface area contributed by atoms with E-state index >= 15 is 0 Å². The molecule has 8 heavy (non-hydrogen) atoms. The summed E-state index contributed by atoms with van der Waals surface area (Å²) in [5.41, 5.74) is 0.300. The number of nitrogens with zero attached hydrogens (tertiary/aromatic N) is 1. The first-order valence-electron chi connectivity index (χ1n) is 3.05. The number of hydrogen-bond donors (Lipinski definition) is 0. The lowest BCUT2D eigenvalue weighted by Crippen LogP contribution is -2.10. The average molecular weight is 113 g/mol. The normalized spacial score (nSPS) is 13.0. The zero-order valence-corrected chi connectivity index (χ0v) is 6.23. The maximum absolute atomic E-state index is 3.95. The molecule has 0 aromatic rings. The minimum Gasteiger partial charge on any atom is -0.300 e. The van der Waals surface area contributed by atoms with Gasteiger partial charge < -0.3 is 4.99 Å². The zero-order chi connectivity index (χ0) is 6.62. The SMILES string of the molecule is CCC(C)(C)C=NC. The van der Waals surface area contributed by atoms with Gasteiger partial charge in [0.05, 0.1) is 0 Å². The largest absolute Gasteiger partial charge is 0.300 e. The molecule has 0 fully saturated rings. The van der Waals surface area contributed by atoms with Gasteiger partial charge in [0.2, 0.25) is 0 Å². The van der Waals surface area contributed by atoms with Crippen LogP contribution in [0.1, 0.15) is 27.2 Å². The van der Waals surface area contributed by atoms with Crippen molar-refractivity contribution < 1.29 is 0 Å². The van der Waals surface area contributed by atoms with Crippen molar-refractivity contribution in [1.82, 2.24) is 0 Å². The molecule has 0 rings (SSSR count). The van der Waals surface area contributed by atoms with E-state index in [1.165, 1.54) is 0 Å². The molecule has 0 atom stereocenters. The lowest BCUT2D eigenvalue weighted by Gasteiger charge is -2.14. The Morgan fingerprint density at radius 3 is 2.12 bits per heavy atom. The van der Waals surface area contributed by atoms with Crippen molar-refractivity contribution in [2.45, 2.75) is 27.2 Å². The summed E-state index contributed by atoms with van der Waals surface area (Å²) in [6.07, 6.45) is 3.15. The average Bonchev–Trinajstić information content (AvgIpc) is 1.67. The summed E-state index contributed by atoms with van der Waals surface area (Å²) in [7, 11) is 1.82. The van der Waals surface area contributed by atoms with Crippen LogP contribution in [-0.4, -0.2) is 13.3 Å². The summed E-state index contributed by atoms with van der Waals surface area (Å²) in [6.45, 7) is 6.53. The van der Waals surface area contributed by atoms with Gasteiger partial charge in [0.1, 0.15) is 0 Å². The maximum atomic E-state index is 3.95. The van der Waals surface area contributed by atoms with Crippen LogP contribution < -0.4 is 0 Å². The fourth-order valence-electron chi connectivity index (χ4n) is 0.441. The monoisotopic (exact) mass is 113 g/mol. The summed E-state index contributed by atoms with van der Waals surface area (Å²) in [4.78, 5) is 3.95. The second kappa shape index (κ2) is 2.85. The van der Waals surface area contributed by atoms with E-state index < -0.39 is 0 Å². The second-order valence-electron chi connectivity index (χ2n) is 2.73. The first-order valence-corrected chi connectivity index (χ1v) is 3.05. The highest BCUT2D eigenvalue weighted by Crippen LogP contribution is 2.15. The van der Waals surface area contributed by atoms with E-state index in [-0.39, 0.29) is 0 Å². The highest BCUT2D eigenvalue weighted by atomic mass is 14.6. The Labute approximate surface area is 51.8 Å². The fourth-order valence-corrected chi connectivity index (χ4v) is 0.441. The molecule has 0 radical (unpaired) electrons. The van der Waals surface area contributed by atoms with Gasteiger partial charge in [0.25, 0.3) is 0 Å². The Hall–Kier alpha value is -0.330. The van der Waals surface area contributed by atoms with Crippen LogP contribution in [0.3, 0.4) is 0 Å². The highest BCUT2D eigenvalue weighted by Gasteiger charge is 2.09. The number of rotatable bonds is 2. The Morgan fingerprint density at radius 2 is 2.00 bits per heavy atom. The van der Waals surface area contributed by atoms with Gasteiger partial charge in [-0.1, -0.05) is 20.8 Å². The third-order valence-electron chi connectivity index (χ3n) is 1.39. The van der Waals surface area contributed by atoms with Gasteiger partial charge >= 0.3 is 0 Å². The maximum Gasteiger partial charge on any atom is 0.0273 e. The molecule has 0 aliphatic carbocycles. The molecule has 0 saturated heterocycles. The molecule has 0 unspecified atom stereocenters. The summed E-state index contributed by atoms with van der Waals surface area (Å²) in [6, 6.07) is 0. The molecule has 0 amide bonds. The van der Waals surface area contributed by atoms with E-state index in [9.17, 15) is 0 Å². The molecule has 0 aromatic carbocycles. The highest BCUT2D eigenvalue weighted by molar-refractivity contribution is 5.64. The molecule has 0 N–H and O–H groups in total. The van der Waals surface area contributed by atoms with E-state index in [1.807, 2.05) is 13.3 Å². The van der Waals surface area contributed by atoms with Crippen LogP contribution in [0.15, 0.2) is 4.99 Å². The lowest BCUT2D eigenvalue weighted by atomic mass is 9.92. The van der Waals surface area contributed by atoms with E-state index in [0.717, 1.165) is 6.42 Å². The van der Waals surface area contributed by atoms with Crippen molar-refractivity contribution in [3.63, 3.8) is 0 Å². The van der Waals surface area contributed by atoms with Crippen molar-refractivity contribution >= 4 is 6.21 Å². The zero-order valence-electron chi connectivity index (χ0n) is 6.23. The Bertz CT molecular complexity index is 82.4. The molecule has 0 heterocycles. The van der Waals surface area contributed by atoms with Gasteiger partial charge in [0, 0.05) is 13.3 Å².